The summed E-state index contributed by atoms with van der Waals surface area (Å²) >= 11 is 0. The topological polar surface area (TPSA) is 21.6 Å². The summed E-state index contributed by atoms with van der Waals surface area (Å²) in [5, 5.41) is 4.03. The van der Waals surface area contributed by atoms with Gasteiger partial charge in [-0.3, -0.25) is 0 Å². The molecule has 1 aliphatic heterocycles. The van der Waals surface area contributed by atoms with E-state index in [0.717, 1.165) is 23.4 Å². The molecule has 0 radical (unpaired) electrons. The molecule has 0 fully saturated rings. The first-order valence-corrected chi connectivity index (χ1v) is 6.49. The maximum atomic E-state index is 12.5. The highest BCUT2D eigenvalue weighted by atomic mass is 19.4. The average Bonchev–Trinajstić information content (AvgIpc) is 2.97. The van der Waals surface area contributed by atoms with Gasteiger partial charge in [-0.1, -0.05) is 47.6 Å². The molecular weight excluding hydrogens is 279 g/mol. The van der Waals surface area contributed by atoms with Gasteiger partial charge in [0.05, 0.1) is 11.3 Å². The number of rotatable bonds is 2. The van der Waals surface area contributed by atoms with E-state index in [1.54, 1.807) is 0 Å². The Labute approximate surface area is 119 Å². The lowest BCUT2D eigenvalue weighted by Gasteiger charge is -2.11. The zero-order valence-electron chi connectivity index (χ0n) is 11.0. The predicted molar refractivity (Wildman–Crippen MR) is 72.9 cm³/mol. The van der Waals surface area contributed by atoms with Crippen LogP contribution in [0.2, 0.25) is 0 Å². The van der Waals surface area contributed by atoms with E-state index >= 15 is 0 Å². The Hall–Kier alpha value is -2.30. The number of hydrogen-bond acceptors (Lipinski definition) is 2. The van der Waals surface area contributed by atoms with Crippen molar-refractivity contribution >= 4 is 5.71 Å². The highest BCUT2D eigenvalue weighted by molar-refractivity contribution is 6.01. The van der Waals surface area contributed by atoms with E-state index in [9.17, 15) is 13.2 Å². The molecule has 21 heavy (non-hydrogen) atoms. The molecule has 1 heterocycles. The lowest BCUT2D eigenvalue weighted by molar-refractivity contribution is -0.137. The third-order valence-electron chi connectivity index (χ3n) is 3.39. The van der Waals surface area contributed by atoms with Crippen LogP contribution in [0.4, 0.5) is 13.2 Å². The van der Waals surface area contributed by atoms with Crippen LogP contribution in [0.5, 0.6) is 0 Å². The van der Waals surface area contributed by atoms with Crippen LogP contribution in [0.3, 0.4) is 0 Å². The lowest BCUT2D eigenvalue weighted by atomic mass is 9.99. The first kappa shape index (κ1) is 13.7. The molecule has 0 aliphatic carbocycles. The van der Waals surface area contributed by atoms with Crippen LogP contribution < -0.4 is 0 Å². The van der Waals surface area contributed by atoms with Gasteiger partial charge in [-0.15, -0.1) is 0 Å². The average molecular weight is 291 g/mol. The maximum absolute atomic E-state index is 12.5. The summed E-state index contributed by atoms with van der Waals surface area (Å²) < 4.78 is 37.6. The molecule has 1 atom stereocenters. The minimum absolute atomic E-state index is 0.331. The van der Waals surface area contributed by atoms with Crippen LogP contribution in [0.25, 0.3) is 0 Å². The smallest absolute Gasteiger partial charge is 0.387 e. The summed E-state index contributed by atoms with van der Waals surface area (Å²) in [6.45, 7) is 0. The van der Waals surface area contributed by atoms with E-state index in [-0.39, 0.29) is 6.10 Å². The molecule has 0 bridgehead atoms. The van der Waals surface area contributed by atoms with Crippen molar-refractivity contribution in [1.29, 1.82) is 0 Å². The van der Waals surface area contributed by atoms with Gasteiger partial charge in [0.2, 0.25) is 0 Å². The van der Waals surface area contributed by atoms with E-state index in [0.29, 0.717) is 12.0 Å². The fraction of sp³-hybridized carbons (Fsp3) is 0.188. The zero-order valence-corrected chi connectivity index (χ0v) is 11.0. The lowest BCUT2D eigenvalue weighted by Crippen LogP contribution is -2.06. The van der Waals surface area contributed by atoms with Gasteiger partial charge in [0.25, 0.3) is 0 Å². The van der Waals surface area contributed by atoms with Crippen LogP contribution in [0.1, 0.15) is 29.2 Å². The Bertz CT molecular complexity index is 647. The number of benzene rings is 2. The summed E-state index contributed by atoms with van der Waals surface area (Å²) in [7, 11) is 0. The van der Waals surface area contributed by atoms with Gasteiger partial charge in [-0.2, -0.15) is 13.2 Å². The Morgan fingerprint density at radius 3 is 2.24 bits per heavy atom. The van der Waals surface area contributed by atoms with Crippen LogP contribution in [0, 0.1) is 0 Å². The number of alkyl halides is 3. The Kier molecular flexibility index (Phi) is 3.41. The molecule has 108 valence electrons. The largest absolute Gasteiger partial charge is 0.416 e. The number of nitrogens with zero attached hydrogens (tertiary/aromatic N) is 1. The van der Waals surface area contributed by atoms with Crippen LogP contribution in [-0.4, -0.2) is 5.71 Å². The fourth-order valence-electron chi connectivity index (χ4n) is 2.24. The number of hydrogen-bond donors (Lipinski definition) is 0. The highest BCUT2D eigenvalue weighted by Crippen LogP contribution is 2.33. The predicted octanol–water partition coefficient (Wildman–Crippen LogP) is 4.57. The van der Waals surface area contributed by atoms with Gasteiger partial charge in [0.15, 0.2) is 6.10 Å². The molecule has 0 saturated carbocycles. The second-order valence-electron chi connectivity index (χ2n) is 4.82. The quantitative estimate of drug-likeness (QED) is 0.794. The second kappa shape index (κ2) is 5.24. The molecule has 2 aromatic rings. The van der Waals surface area contributed by atoms with E-state index in [1.165, 1.54) is 12.1 Å². The summed E-state index contributed by atoms with van der Waals surface area (Å²) in [5.74, 6) is 0. The van der Waals surface area contributed by atoms with E-state index in [1.807, 2.05) is 30.3 Å². The van der Waals surface area contributed by atoms with E-state index < -0.39 is 11.7 Å². The molecule has 2 nitrogen and oxygen atoms in total. The molecule has 1 aliphatic rings. The van der Waals surface area contributed by atoms with E-state index in [4.69, 9.17) is 4.84 Å². The molecule has 0 N–H and O–H groups in total. The summed E-state index contributed by atoms with van der Waals surface area (Å²) in [6.07, 6.45) is -4.10. The molecule has 0 spiro atoms. The molecule has 1 unspecified atom stereocenters. The van der Waals surface area contributed by atoms with Gasteiger partial charge in [-0.05, 0) is 23.3 Å². The summed E-state index contributed by atoms with van der Waals surface area (Å²) in [4.78, 5) is 5.34. The van der Waals surface area contributed by atoms with Gasteiger partial charge >= 0.3 is 6.18 Å². The fourth-order valence-corrected chi connectivity index (χ4v) is 2.24. The first-order chi connectivity index (χ1) is 10.0. The highest BCUT2D eigenvalue weighted by Gasteiger charge is 2.31. The van der Waals surface area contributed by atoms with Crippen molar-refractivity contribution < 1.29 is 18.0 Å². The molecular formula is C16H12F3NO. The van der Waals surface area contributed by atoms with Gasteiger partial charge in [-0.25, -0.2) is 0 Å². The Morgan fingerprint density at radius 2 is 1.62 bits per heavy atom. The number of oxime groups is 1. The summed E-state index contributed by atoms with van der Waals surface area (Å²) in [6, 6.07) is 14.6. The van der Waals surface area contributed by atoms with Crippen molar-refractivity contribution in [2.24, 2.45) is 5.16 Å². The van der Waals surface area contributed by atoms with Crippen LogP contribution in [-0.2, 0) is 11.0 Å². The second-order valence-corrected chi connectivity index (χ2v) is 4.82. The van der Waals surface area contributed by atoms with Gasteiger partial charge in [0.1, 0.15) is 0 Å². The molecule has 0 aromatic heterocycles. The maximum Gasteiger partial charge on any atom is 0.416 e. The molecule has 5 heteroatoms. The first-order valence-electron chi connectivity index (χ1n) is 6.49. The molecule has 3 rings (SSSR count). The molecule has 0 saturated heterocycles. The third-order valence-corrected chi connectivity index (χ3v) is 3.39. The Morgan fingerprint density at radius 1 is 0.952 bits per heavy atom. The monoisotopic (exact) mass is 291 g/mol. The normalized spacial score (nSPS) is 18.2. The molecule has 0 amide bonds. The van der Waals surface area contributed by atoms with Crippen molar-refractivity contribution in [2.75, 3.05) is 0 Å². The van der Waals surface area contributed by atoms with E-state index in [2.05, 4.69) is 5.16 Å². The van der Waals surface area contributed by atoms with Crippen molar-refractivity contribution in [3.63, 3.8) is 0 Å². The zero-order chi connectivity index (χ0) is 14.9. The minimum Gasteiger partial charge on any atom is -0.387 e. The van der Waals surface area contributed by atoms with Gasteiger partial charge in [0, 0.05) is 6.42 Å². The van der Waals surface area contributed by atoms with Crippen LogP contribution in [0.15, 0.2) is 59.8 Å². The SMILES string of the molecule is FC(F)(F)c1ccc(C2CC(c3ccccc3)=NO2)cc1. The van der Waals surface area contributed by atoms with Crippen LogP contribution >= 0.6 is 0 Å². The van der Waals surface area contributed by atoms with Crippen molar-refractivity contribution in [1.82, 2.24) is 0 Å². The third kappa shape index (κ3) is 2.91. The van der Waals surface area contributed by atoms with Crippen molar-refractivity contribution in [2.45, 2.75) is 18.7 Å². The number of halogens is 3. The van der Waals surface area contributed by atoms with Crippen molar-refractivity contribution in [3.05, 3.63) is 71.3 Å². The van der Waals surface area contributed by atoms with Gasteiger partial charge < -0.3 is 4.84 Å². The summed E-state index contributed by atoms with van der Waals surface area (Å²) in [5.41, 5.74) is 1.80. The minimum atomic E-state index is -4.32. The Balaban J connectivity index is 1.73. The van der Waals surface area contributed by atoms with Crippen molar-refractivity contribution in [3.8, 4) is 0 Å². The standard InChI is InChI=1S/C16H12F3NO/c17-16(18,19)13-8-6-12(7-9-13)15-10-14(20-21-15)11-4-2-1-3-5-11/h1-9,15H,10H2. The molecule has 2 aromatic carbocycles.